The number of aliphatic hydroxyl groups excluding tert-OH is 1. The molecule has 3 heterocycles. The van der Waals surface area contributed by atoms with Crippen molar-refractivity contribution < 1.29 is 28.8 Å². The molecule has 0 bridgehead atoms. The molecule has 0 radical (unpaired) electrons. The van der Waals surface area contributed by atoms with Gasteiger partial charge in [0.1, 0.15) is 24.4 Å². The fourth-order valence-electron chi connectivity index (χ4n) is 2.70. The number of ether oxygens (including phenoxy) is 5. The van der Waals surface area contributed by atoms with E-state index in [4.69, 9.17) is 23.7 Å². The largest absolute Gasteiger partial charge is 0.387 e. The number of aliphatic hydroxyl groups is 1. The summed E-state index contributed by atoms with van der Waals surface area (Å²) in [7, 11) is 0. The summed E-state index contributed by atoms with van der Waals surface area (Å²) in [5.41, 5.74) is 0. The maximum atomic E-state index is 10.3. The van der Waals surface area contributed by atoms with Gasteiger partial charge in [-0.2, -0.15) is 0 Å². The minimum atomic E-state index is -0.765. The number of fused-ring (bicyclic) bond motifs is 1. The Kier molecular flexibility index (Phi) is 2.75. The predicted molar refractivity (Wildman–Crippen MR) is 59.6 cm³/mol. The van der Waals surface area contributed by atoms with Crippen LogP contribution in [-0.4, -0.2) is 54.0 Å². The lowest BCUT2D eigenvalue weighted by Crippen LogP contribution is -2.42. The van der Waals surface area contributed by atoms with Crippen LogP contribution in [0.4, 0.5) is 0 Å². The third-order valence-electron chi connectivity index (χ3n) is 3.45. The lowest BCUT2D eigenvalue weighted by atomic mass is 10.1. The van der Waals surface area contributed by atoms with Crippen LogP contribution in [0.3, 0.4) is 0 Å². The summed E-state index contributed by atoms with van der Waals surface area (Å²) in [6, 6.07) is 0. The lowest BCUT2D eigenvalue weighted by molar-refractivity contribution is -0.232. The number of rotatable bonds is 1. The zero-order valence-electron chi connectivity index (χ0n) is 11.1. The summed E-state index contributed by atoms with van der Waals surface area (Å²) < 4.78 is 28.1. The van der Waals surface area contributed by atoms with E-state index in [1.807, 2.05) is 13.8 Å². The zero-order chi connectivity index (χ0) is 13.1. The van der Waals surface area contributed by atoms with Gasteiger partial charge in [-0.1, -0.05) is 0 Å². The minimum absolute atomic E-state index is 0.295. The summed E-state index contributed by atoms with van der Waals surface area (Å²) >= 11 is 0. The van der Waals surface area contributed by atoms with Crippen LogP contribution in [0.25, 0.3) is 0 Å². The maximum Gasteiger partial charge on any atom is 0.190 e. The van der Waals surface area contributed by atoms with Crippen molar-refractivity contribution in [3.05, 3.63) is 0 Å². The first-order valence-corrected chi connectivity index (χ1v) is 6.28. The number of hydrogen-bond acceptors (Lipinski definition) is 6. The van der Waals surface area contributed by atoms with Gasteiger partial charge in [-0.05, 0) is 27.7 Å². The van der Waals surface area contributed by atoms with Gasteiger partial charge in [0.05, 0.1) is 6.61 Å². The van der Waals surface area contributed by atoms with Crippen molar-refractivity contribution in [3.63, 3.8) is 0 Å². The van der Waals surface area contributed by atoms with Gasteiger partial charge in [0.25, 0.3) is 0 Å². The van der Waals surface area contributed by atoms with E-state index < -0.39 is 36.2 Å². The Bertz CT molecular complexity index is 341. The highest BCUT2D eigenvalue weighted by molar-refractivity contribution is 4.97. The van der Waals surface area contributed by atoms with Crippen LogP contribution in [0.2, 0.25) is 0 Å². The van der Waals surface area contributed by atoms with Crippen LogP contribution in [0, 0.1) is 0 Å². The Morgan fingerprint density at radius 3 is 2.22 bits per heavy atom. The van der Waals surface area contributed by atoms with Gasteiger partial charge in [-0.3, -0.25) is 0 Å². The van der Waals surface area contributed by atoms with E-state index in [-0.39, 0.29) is 6.10 Å². The van der Waals surface area contributed by atoms with Crippen LogP contribution >= 0.6 is 0 Å². The van der Waals surface area contributed by atoms with Crippen molar-refractivity contribution in [1.29, 1.82) is 0 Å². The van der Waals surface area contributed by atoms with Crippen molar-refractivity contribution in [2.24, 2.45) is 0 Å². The van der Waals surface area contributed by atoms with Crippen molar-refractivity contribution in [3.8, 4) is 0 Å². The van der Waals surface area contributed by atoms with Crippen LogP contribution in [0.5, 0.6) is 0 Å². The van der Waals surface area contributed by atoms with Gasteiger partial charge in [0, 0.05) is 0 Å². The zero-order valence-corrected chi connectivity index (χ0v) is 11.1. The van der Waals surface area contributed by atoms with Crippen molar-refractivity contribution in [2.75, 3.05) is 6.61 Å². The van der Waals surface area contributed by atoms with Crippen LogP contribution in [-0.2, 0) is 23.7 Å². The smallest absolute Gasteiger partial charge is 0.190 e. The highest BCUT2D eigenvalue weighted by Crippen LogP contribution is 2.40. The van der Waals surface area contributed by atoms with E-state index in [1.165, 1.54) is 0 Å². The van der Waals surface area contributed by atoms with Crippen LogP contribution in [0.15, 0.2) is 0 Å². The highest BCUT2D eigenvalue weighted by atomic mass is 16.8. The van der Waals surface area contributed by atoms with E-state index in [0.717, 1.165) is 0 Å². The minimum Gasteiger partial charge on any atom is -0.387 e. The third kappa shape index (κ3) is 2.07. The molecule has 6 nitrogen and oxygen atoms in total. The second kappa shape index (κ2) is 3.88. The SMILES string of the molecule is CC1(C)OCC(C2OC3OC(C)(C)O[C@@H]3C2O)O1. The molecular weight excluding hydrogens is 240 g/mol. The van der Waals surface area contributed by atoms with Gasteiger partial charge in [0.2, 0.25) is 0 Å². The monoisotopic (exact) mass is 260 g/mol. The molecule has 5 atom stereocenters. The van der Waals surface area contributed by atoms with Crippen LogP contribution < -0.4 is 0 Å². The van der Waals surface area contributed by atoms with E-state index in [1.54, 1.807) is 13.8 Å². The lowest BCUT2D eigenvalue weighted by Gasteiger charge is -2.26. The molecule has 3 aliphatic heterocycles. The first-order chi connectivity index (χ1) is 8.27. The fraction of sp³-hybridized carbons (Fsp3) is 1.00. The molecule has 18 heavy (non-hydrogen) atoms. The Morgan fingerprint density at radius 2 is 1.67 bits per heavy atom. The molecule has 3 fully saturated rings. The Labute approximate surface area is 106 Å². The first-order valence-electron chi connectivity index (χ1n) is 6.28. The molecule has 3 saturated heterocycles. The Hall–Kier alpha value is -0.240. The molecule has 0 aromatic rings. The normalized spacial score (nSPS) is 49.5. The topological polar surface area (TPSA) is 66.4 Å². The molecule has 0 saturated carbocycles. The van der Waals surface area contributed by atoms with Crippen molar-refractivity contribution in [2.45, 2.75) is 70.0 Å². The van der Waals surface area contributed by atoms with E-state index in [9.17, 15) is 5.11 Å². The van der Waals surface area contributed by atoms with Crippen LogP contribution in [0.1, 0.15) is 27.7 Å². The molecule has 1 N–H and O–H groups in total. The second-order valence-electron chi connectivity index (χ2n) is 5.93. The van der Waals surface area contributed by atoms with Gasteiger partial charge < -0.3 is 28.8 Å². The average molecular weight is 260 g/mol. The predicted octanol–water partition coefficient (Wildman–Crippen LogP) is 0.375. The molecule has 0 aromatic heterocycles. The Morgan fingerprint density at radius 1 is 0.944 bits per heavy atom. The fourth-order valence-corrected chi connectivity index (χ4v) is 2.70. The first kappa shape index (κ1) is 12.8. The van der Waals surface area contributed by atoms with Gasteiger partial charge in [-0.15, -0.1) is 0 Å². The molecule has 0 aromatic carbocycles. The highest BCUT2D eigenvalue weighted by Gasteiger charge is 2.57. The maximum absolute atomic E-state index is 10.3. The third-order valence-corrected chi connectivity index (χ3v) is 3.45. The van der Waals surface area contributed by atoms with Gasteiger partial charge in [-0.25, -0.2) is 0 Å². The summed E-state index contributed by atoms with van der Waals surface area (Å²) in [5.74, 6) is -1.35. The van der Waals surface area contributed by atoms with E-state index in [2.05, 4.69) is 0 Å². The molecule has 4 unspecified atom stereocenters. The summed E-state index contributed by atoms with van der Waals surface area (Å²) in [5, 5.41) is 10.3. The Balaban J connectivity index is 1.68. The van der Waals surface area contributed by atoms with Gasteiger partial charge >= 0.3 is 0 Å². The van der Waals surface area contributed by atoms with Gasteiger partial charge in [0.15, 0.2) is 17.9 Å². The summed E-state index contributed by atoms with van der Waals surface area (Å²) in [6.45, 7) is 7.68. The standard InChI is InChI=1S/C12H20O6/c1-11(2)14-5-6(16-11)8-7(13)9-10(15-8)18-12(3,4)17-9/h6-10,13H,5H2,1-4H3/t6?,7?,8?,9-,10?/m1/s1. The van der Waals surface area contributed by atoms with Crippen molar-refractivity contribution >= 4 is 0 Å². The summed E-state index contributed by atoms with van der Waals surface area (Å²) in [6.07, 6.45) is -2.53. The van der Waals surface area contributed by atoms with E-state index in [0.29, 0.717) is 6.61 Å². The number of hydrogen-bond donors (Lipinski definition) is 1. The van der Waals surface area contributed by atoms with E-state index >= 15 is 0 Å². The average Bonchev–Trinajstić information content (AvgIpc) is 2.81. The second-order valence-corrected chi connectivity index (χ2v) is 5.93. The molecule has 0 aliphatic carbocycles. The molecular formula is C12H20O6. The molecule has 3 rings (SSSR count). The quantitative estimate of drug-likeness (QED) is 0.735. The summed E-state index contributed by atoms with van der Waals surface area (Å²) in [4.78, 5) is 0. The molecule has 0 spiro atoms. The molecule has 3 aliphatic rings. The van der Waals surface area contributed by atoms with Crippen molar-refractivity contribution in [1.82, 2.24) is 0 Å². The molecule has 104 valence electrons. The molecule has 0 amide bonds. The molecule has 6 heteroatoms.